The summed E-state index contributed by atoms with van der Waals surface area (Å²) in [5.41, 5.74) is 4.97. The zero-order valence-corrected chi connectivity index (χ0v) is 14.4. The van der Waals surface area contributed by atoms with Crippen molar-refractivity contribution in [3.05, 3.63) is 76.5 Å². The first kappa shape index (κ1) is 15.5. The van der Waals surface area contributed by atoms with E-state index in [2.05, 4.69) is 41.6 Å². The fourth-order valence-electron chi connectivity index (χ4n) is 3.46. The van der Waals surface area contributed by atoms with Gasteiger partial charge in [0.2, 0.25) is 0 Å². The van der Waals surface area contributed by atoms with Crippen LogP contribution in [0.5, 0.6) is 0 Å². The van der Waals surface area contributed by atoms with Crippen molar-refractivity contribution in [2.75, 3.05) is 7.05 Å². The third kappa shape index (κ3) is 2.99. The number of aryl methyl sites for hydroxylation is 1. The number of rotatable bonds is 4. The average molecular weight is 338 g/mol. The van der Waals surface area contributed by atoms with Crippen LogP contribution in [0, 0.1) is 5.82 Å². The van der Waals surface area contributed by atoms with E-state index in [4.69, 9.17) is 4.98 Å². The van der Waals surface area contributed by atoms with Gasteiger partial charge in [0.15, 0.2) is 0 Å². The molecule has 2 nitrogen and oxygen atoms in total. The Hall–Kier alpha value is -2.04. The second-order valence-electron chi connectivity index (χ2n) is 6.32. The molecule has 0 aliphatic heterocycles. The monoisotopic (exact) mass is 338 g/mol. The molecular formula is C20H19FN2S. The van der Waals surface area contributed by atoms with Crippen LogP contribution >= 0.6 is 11.3 Å². The first-order valence-electron chi connectivity index (χ1n) is 8.19. The summed E-state index contributed by atoms with van der Waals surface area (Å²) in [5.74, 6) is -0.213. The molecule has 0 fully saturated rings. The van der Waals surface area contributed by atoms with Gasteiger partial charge in [0.1, 0.15) is 10.8 Å². The van der Waals surface area contributed by atoms with Gasteiger partial charge < -0.3 is 0 Å². The fourth-order valence-corrected chi connectivity index (χ4v) is 4.28. The van der Waals surface area contributed by atoms with Crippen molar-refractivity contribution in [1.82, 2.24) is 9.88 Å². The molecule has 1 atom stereocenters. The van der Waals surface area contributed by atoms with Crippen LogP contribution in [-0.4, -0.2) is 16.9 Å². The molecule has 0 saturated heterocycles. The molecule has 1 heterocycles. The van der Waals surface area contributed by atoms with Crippen molar-refractivity contribution in [1.29, 1.82) is 0 Å². The van der Waals surface area contributed by atoms with E-state index in [1.165, 1.54) is 29.7 Å². The highest BCUT2D eigenvalue weighted by molar-refractivity contribution is 7.13. The van der Waals surface area contributed by atoms with E-state index in [1.807, 2.05) is 0 Å². The van der Waals surface area contributed by atoms with E-state index < -0.39 is 0 Å². The molecule has 0 spiro atoms. The van der Waals surface area contributed by atoms with Gasteiger partial charge in [0.25, 0.3) is 0 Å². The zero-order chi connectivity index (χ0) is 16.5. The van der Waals surface area contributed by atoms with E-state index >= 15 is 0 Å². The van der Waals surface area contributed by atoms with E-state index in [1.54, 1.807) is 23.5 Å². The molecule has 2 aromatic carbocycles. The predicted octanol–water partition coefficient (Wildman–Crippen LogP) is 5.07. The van der Waals surface area contributed by atoms with Gasteiger partial charge in [0, 0.05) is 23.5 Å². The molecular weight excluding hydrogens is 319 g/mol. The fraction of sp³-hybridized carbons (Fsp3) is 0.250. The first-order chi connectivity index (χ1) is 11.7. The lowest BCUT2D eigenvalue weighted by molar-refractivity contribution is 0.234. The minimum absolute atomic E-state index is 0.213. The number of nitrogens with zero attached hydrogens (tertiary/aromatic N) is 2. The molecule has 4 heteroatoms. The Kier molecular flexibility index (Phi) is 4.17. The second kappa shape index (κ2) is 6.46. The van der Waals surface area contributed by atoms with Gasteiger partial charge in [-0.15, -0.1) is 11.3 Å². The van der Waals surface area contributed by atoms with Crippen molar-refractivity contribution in [3.63, 3.8) is 0 Å². The number of halogens is 1. The highest BCUT2D eigenvalue weighted by atomic mass is 32.1. The highest BCUT2D eigenvalue weighted by Gasteiger charge is 2.25. The van der Waals surface area contributed by atoms with Gasteiger partial charge >= 0.3 is 0 Å². The van der Waals surface area contributed by atoms with Crippen molar-refractivity contribution in [2.45, 2.75) is 25.4 Å². The number of fused-ring (bicyclic) bond motifs is 1. The number of thiazole rings is 1. The third-order valence-corrected chi connectivity index (χ3v) is 5.63. The summed E-state index contributed by atoms with van der Waals surface area (Å²) < 4.78 is 13.0. The van der Waals surface area contributed by atoms with E-state index in [0.717, 1.165) is 29.2 Å². The van der Waals surface area contributed by atoms with Crippen molar-refractivity contribution < 1.29 is 4.39 Å². The predicted molar refractivity (Wildman–Crippen MR) is 96.5 cm³/mol. The normalized spacial score (nSPS) is 16.5. The lowest BCUT2D eigenvalue weighted by atomic mass is 10.1. The van der Waals surface area contributed by atoms with Crippen LogP contribution in [0.15, 0.2) is 53.9 Å². The summed E-state index contributed by atoms with van der Waals surface area (Å²) in [7, 11) is 2.17. The largest absolute Gasteiger partial charge is 0.293 e. The lowest BCUT2D eigenvalue weighted by Gasteiger charge is -2.24. The quantitative estimate of drug-likeness (QED) is 0.660. The number of benzene rings is 2. The Morgan fingerprint density at radius 3 is 2.79 bits per heavy atom. The molecule has 24 heavy (non-hydrogen) atoms. The topological polar surface area (TPSA) is 16.1 Å². The average Bonchev–Trinajstić information content (AvgIpc) is 3.22. The van der Waals surface area contributed by atoms with Gasteiger partial charge in [-0.25, -0.2) is 9.37 Å². The summed E-state index contributed by atoms with van der Waals surface area (Å²) in [6.45, 7) is 0.830. The maximum absolute atomic E-state index is 13.0. The minimum Gasteiger partial charge on any atom is -0.293 e. The van der Waals surface area contributed by atoms with Crippen molar-refractivity contribution in [3.8, 4) is 10.6 Å². The van der Waals surface area contributed by atoms with Crippen molar-refractivity contribution in [2.24, 2.45) is 0 Å². The number of aromatic nitrogens is 1. The summed E-state index contributed by atoms with van der Waals surface area (Å²) in [4.78, 5) is 7.12. The summed E-state index contributed by atoms with van der Waals surface area (Å²) in [5, 5.41) is 3.06. The number of hydrogen-bond acceptors (Lipinski definition) is 3. The van der Waals surface area contributed by atoms with Crippen LogP contribution in [0.2, 0.25) is 0 Å². The smallest absolute Gasteiger partial charge is 0.123 e. The number of hydrogen-bond donors (Lipinski definition) is 0. The molecule has 0 saturated carbocycles. The molecule has 0 N–H and O–H groups in total. The Labute approximate surface area is 145 Å². The van der Waals surface area contributed by atoms with Gasteiger partial charge in [0.05, 0.1) is 5.69 Å². The van der Waals surface area contributed by atoms with Gasteiger partial charge in [-0.2, -0.15) is 0 Å². The lowest BCUT2D eigenvalue weighted by Crippen LogP contribution is -2.22. The minimum atomic E-state index is -0.213. The molecule has 122 valence electrons. The maximum Gasteiger partial charge on any atom is 0.123 e. The zero-order valence-electron chi connectivity index (χ0n) is 13.6. The summed E-state index contributed by atoms with van der Waals surface area (Å²) >= 11 is 1.62. The highest BCUT2D eigenvalue weighted by Crippen LogP contribution is 2.35. The van der Waals surface area contributed by atoms with E-state index in [0.29, 0.717) is 6.04 Å². The van der Waals surface area contributed by atoms with Crippen LogP contribution in [0.1, 0.15) is 29.3 Å². The maximum atomic E-state index is 13.0. The molecule has 1 aromatic heterocycles. The molecule has 3 aromatic rings. The van der Waals surface area contributed by atoms with Crippen LogP contribution in [-0.2, 0) is 13.0 Å². The van der Waals surface area contributed by atoms with Gasteiger partial charge in [-0.05, 0) is 55.3 Å². The molecule has 0 amide bonds. The second-order valence-corrected chi connectivity index (χ2v) is 7.18. The molecule has 0 radical (unpaired) electrons. The van der Waals surface area contributed by atoms with Gasteiger partial charge in [-0.3, -0.25) is 4.90 Å². The van der Waals surface area contributed by atoms with Crippen LogP contribution in [0.3, 0.4) is 0 Å². The summed E-state index contributed by atoms with van der Waals surface area (Å²) in [6, 6.07) is 15.7. The van der Waals surface area contributed by atoms with Crippen molar-refractivity contribution >= 4 is 11.3 Å². The Morgan fingerprint density at radius 2 is 1.96 bits per heavy atom. The molecule has 0 bridgehead atoms. The third-order valence-electron chi connectivity index (χ3n) is 4.69. The van der Waals surface area contributed by atoms with Crippen LogP contribution < -0.4 is 0 Å². The Morgan fingerprint density at radius 1 is 1.17 bits per heavy atom. The summed E-state index contributed by atoms with van der Waals surface area (Å²) in [6.07, 6.45) is 2.33. The van der Waals surface area contributed by atoms with E-state index in [9.17, 15) is 4.39 Å². The SMILES string of the molecule is CN(Cc1csc(-c2ccc(F)cc2)n1)C1CCc2ccccc21. The first-order valence-corrected chi connectivity index (χ1v) is 9.07. The molecule has 1 aliphatic rings. The molecule has 1 unspecified atom stereocenters. The van der Waals surface area contributed by atoms with Crippen LogP contribution in [0.25, 0.3) is 10.6 Å². The van der Waals surface area contributed by atoms with Crippen LogP contribution in [0.4, 0.5) is 4.39 Å². The Balaban J connectivity index is 1.49. The molecule has 4 rings (SSSR count). The van der Waals surface area contributed by atoms with E-state index in [-0.39, 0.29) is 5.82 Å². The molecule has 1 aliphatic carbocycles. The van der Waals surface area contributed by atoms with Gasteiger partial charge in [-0.1, -0.05) is 24.3 Å². The standard InChI is InChI=1S/C20H19FN2S/c1-23(19-11-8-14-4-2-3-5-18(14)19)12-17-13-24-20(22-17)15-6-9-16(21)10-7-15/h2-7,9-10,13,19H,8,11-12H2,1H3. The Bertz CT molecular complexity index is 841.